The molecule has 1 N–H and O–H groups in total. The van der Waals surface area contributed by atoms with Crippen LogP contribution in [0.2, 0.25) is 0 Å². The molecule has 0 bridgehead atoms. The van der Waals surface area contributed by atoms with Gasteiger partial charge in [-0.2, -0.15) is 0 Å². The zero-order valence-electron chi connectivity index (χ0n) is 14.6. The number of nitrogens with zero attached hydrogens (tertiary/aromatic N) is 1. The number of carbonyl (C=O) groups is 2. The van der Waals surface area contributed by atoms with Crippen LogP contribution < -0.4 is 10.2 Å². The molecule has 1 saturated heterocycles. The molecule has 3 aliphatic rings. The quantitative estimate of drug-likeness (QED) is 0.659. The van der Waals surface area contributed by atoms with E-state index in [-0.39, 0.29) is 24.2 Å². The van der Waals surface area contributed by atoms with Crippen molar-refractivity contribution in [3.8, 4) is 0 Å². The summed E-state index contributed by atoms with van der Waals surface area (Å²) in [5.41, 5.74) is 2.24. The lowest BCUT2D eigenvalue weighted by molar-refractivity contribution is -0.149. The van der Waals surface area contributed by atoms with Crippen molar-refractivity contribution < 1.29 is 14.3 Å². The smallest absolute Gasteiger partial charge is 0.307 e. The molecule has 0 unspecified atom stereocenters. The topological polar surface area (TPSA) is 58.6 Å². The van der Waals surface area contributed by atoms with E-state index in [4.69, 9.17) is 4.74 Å². The van der Waals surface area contributed by atoms with E-state index in [0.717, 1.165) is 51.6 Å². The fraction of sp³-hybridized carbons (Fsp3) is 0.600. The first-order chi connectivity index (χ1) is 12.2. The van der Waals surface area contributed by atoms with Gasteiger partial charge in [0.1, 0.15) is 5.60 Å². The summed E-state index contributed by atoms with van der Waals surface area (Å²) in [5, 5.41) is 3.05. The van der Waals surface area contributed by atoms with Crippen molar-refractivity contribution in [1.29, 1.82) is 0 Å². The van der Waals surface area contributed by atoms with E-state index in [9.17, 15) is 9.59 Å². The van der Waals surface area contributed by atoms with Gasteiger partial charge in [0, 0.05) is 25.3 Å². The first-order valence-electron chi connectivity index (χ1n) is 9.50. The monoisotopic (exact) mass is 342 g/mol. The maximum absolute atomic E-state index is 12.6. The number of amides is 1. The van der Waals surface area contributed by atoms with Gasteiger partial charge in [-0.15, -0.1) is 0 Å². The second kappa shape index (κ2) is 6.70. The number of hydrogen-bond donors (Lipinski definition) is 1. The maximum atomic E-state index is 12.6. The molecule has 134 valence electrons. The third-order valence-corrected chi connectivity index (χ3v) is 5.98. The summed E-state index contributed by atoms with van der Waals surface area (Å²) in [4.78, 5) is 26.7. The van der Waals surface area contributed by atoms with Gasteiger partial charge in [0.15, 0.2) is 0 Å². The Bertz CT molecular complexity index is 667. The summed E-state index contributed by atoms with van der Waals surface area (Å²) in [6, 6.07) is 8.53. The Kier molecular flexibility index (Phi) is 4.40. The average Bonchev–Trinajstić information content (AvgIpc) is 3.32. The number of hydrogen-bond acceptors (Lipinski definition) is 4. The fourth-order valence-electron chi connectivity index (χ4n) is 4.69. The molecule has 2 fully saturated rings. The largest absolute Gasteiger partial charge is 0.458 e. The molecule has 5 nitrogen and oxygen atoms in total. The molecular weight excluding hydrogens is 316 g/mol. The van der Waals surface area contributed by atoms with Gasteiger partial charge < -0.3 is 15.0 Å². The van der Waals surface area contributed by atoms with Gasteiger partial charge in [0.2, 0.25) is 5.91 Å². The summed E-state index contributed by atoms with van der Waals surface area (Å²) in [6.07, 6.45) is 6.02. The number of ether oxygens (including phenoxy) is 1. The average molecular weight is 342 g/mol. The number of fused-ring (bicyclic) bond motifs is 1. The van der Waals surface area contributed by atoms with Crippen LogP contribution in [0.15, 0.2) is 24.3 Å². The highest BCUT2D eigenvalue weighted by Crippen LogP contribution is 2.45. The molecule has 25 heavy (non-hydrogen) atoms. The van der Waals surface area contributed by atoms with Gasteiger partial charge in [-0.1, -0.05) is 18.2 Å². The Hall–Kier alpha value is -2.04. The van der Waals surface area contributed by atoms with Gasteiger partial charge in [0.25, 0.3) is 0 Å². The van der Waals surface area contributed by atoms with Crippen molar-refractivity contribution in [1.82, 2.24) is 5.32 Å². The Morgan fingerprint density at radius 3 is 2.92 bits per heavy atom. The Morgan fingerprint density at radius 1 is 1.28 bits per heavy atom. The summed E-state index contributed by atoms with van der Waals surface area (Å²) in [7, 11) is 0. The van der Waals surface area contributed by atoms with E-state index >= 15 is 0 Å². The van der Waals surface area contributed by atoms with Gasteiger partial charge >= 0.3 is 5.97 Å². The van der Waals surface area contributed by atoms with Crippen LogP contribution in [0.5, 0.6) is 0 Å². The molecule has 2 heterocycles. The molecule has 1 amide bonds. The van der Waals surface area contributed by atoms with Crippen LogP contribution in [0.1, 0.15) is 44.1 Å². The highest BCUT2D eigenvalue weighted by atomic mass is 16.6. The number of esters is 1. The van der Waals surface area contributed by atoms with E-state index < -0.39 is 5.60 Å². The van der Waals surface area contributed by atoms with Crippen molar-refractivity contribution in [2.45, 2.75) is 50.5 Å². The van der Waals surface area contributed by atoms with Crippen molar-refractivity contribution in [2.24, 2.45) is 5.92 Å². The van der Waals surface area contributed by atoms with Crippen molar-refractivity contribution in [3.63, 3.8) is 0 Å². The van der Waals surface area contributed by atoms with E-state index in [2.05, 4.69) is 34.5 Å². The number of rotatable bonds is 5. The van der Waals surface area contributed by atoms with Crippen LogP contribution in [0.4, 0.5) is 5.69 Å². The third-order valence-electron chi connectivity index (χ3n) is 5.98. The number of carbonyl (C=O) groups excluding carboxylic acids is 2. The minimum atomic E-state index is -0.505. The second-order valence-corrected chi connectivity index (χ2v) is 7.51. The predicted molar refractivity (Wildman–Crippen MR) is 95.4 cm³/mol. The lowest BCUT2D eigenvalue weighted by Gasteiger charge is -2.28. The zero-order chi connectivity index (χ0) is 17.3. The summed E-state index contributed by atoms with van der Waals surface area (Å²) >= 11 is 0. The van der Waals surface area contributed by atoms with E-state index in [1.54, 1.807) is 0 Å². The van der Waals surface area contributed by atoms with Gasteiger partial charge in [-0.3, -0.25) is 9.59 Å². The highest BCUT2D eigenvalue weighted by molar-refractivity contribution is 5.87. The van der Waals surface area contributed by atoms with E-state index in [1.807, 2.05) is 0 Å². The third kappa shape index (κ3) is 3.12. The lowest BCUT2D eigenvalue weighted by atomic mass is 9.85. The summed E-state index contributed by atoms with van der Waals surface area (Å²) in [6.45, 7) is 2.65. The molecule has 1 aliphatic carbocycles. The second-order valence-electron chi connectivity index (χ2n) is 7.51. The highest BCUT2D eigenvalue weighted by Gasteiger charge is 2.53. The molecule has 4 rings (SSSR count). The first-order valence-corrected chi connectivity index (χ1v) is 9.50. The molecule has 1 aromatic carbocycles. The fourth-order valence-corrected chi connectivity index (χ4v) is 4.69. The number of benzene rings is 1. The SMILES string of the molecule is O=C1C[C@@H](C(=O)NCCCN2CCc3ccccc32)C2(CCCC2)O1. The Balaban J connectivity index is 1.26. The van der Waals surface area contributed by atoms with Gasteiger partial charge in [-0.25, -0.2) is 0 Å². The zero-order valence-corrected chi connectivity index (χ0v) is 14.6. The molecule has 1 atom stereocenters. The molecule has 1 spiro atoms. The van der Waals surface area contributed by atoms with Crippen LogP contribution in [-0.2, 0) is 20.7 Å². The van der Waals surface area contributed by atoms with Gasteiger partial charge in [0.05, 0.1) is 12.3 Å². The molecule has 1 saturated carbocycles. The van der Waals surface area contributed by atoms with Crippen LogP contribution in [0.3, 0.4) is 0 Å². The minimum absolute atomic E-state index is 0.00503. The number of anilines is 1. The van der Waals surface area contributed by atoms with Crippen LogP contribution in [0, 0.1) is 5.92 Å². The van der Waals surface area contributed by atoms with Crippen LogP contribution >= 0.6 is 0 Å². The van der Waals surface area contributed by atoms with E-state index in [0.29, 0.717) is 6.54 Å². The molecular formula is C20H26N2O3. The normalized spacial score (nSPS) is 23.8. The summed E-state index contributed by atoms with van der Waals surface area (Å²) in [5.74, 6) is -0.514. The Labute approximate surface area is 148 Å². The number of nitrogens with one attached hydrogen (secondary N) is 1. The van der Waals surface area contributed by atoms with Crippen LogP contribution in [-0.4, -0.2) is 37.1 Å². The maximum Gasteiger partial charge on any atom is 0.307 e. The van der Waals surface area contributed by atoms with E-state index in [1.165, 1.54) is 11.3 Å². The molecule has 0 radical (unpaired) electrons. The lowest BCUT2D eigenvalue weighted by Crippen LogP contribution is -2.43. The molecule has 5 heteroatoms. The first kappa shape index (κ1) is 16.4. The number of para-hydroxylation sites is 1. The van der Waals surface area contributed by atoms with Crippen molar-refractivity contribution in [2.75, 3.05) is 24.5 Å². The molecule has 0 aromatic heterocycles. The van der Waals surface area contributed by atoms with Gasteiger partial charge in [-0.05, 0) is 50.2 Å². The van der Waals surface area contributed by atoms with Crippen LogP contribution in [0.25, 0.3) is 0 Å². The molecule has 2 aliphatic heterocycles. The van der Waals surface area contributed by atoms with Crippen molar-refractivity contribution in [3.05, 3.63) is 29.8 Å². The standard InChI is InChI=1S/C20H26N2O3/c23-18-14-16(20(25-18)9-3-4-10-20)19(24)21-11-5-12-22-13-8-15-6-1-2-7-17(15)22/h1-2,6-7,16H,3-5,8-14H2,(H,21,24)/t16-/m0/s1. The minimum Gasteiger partial charge on any atom is -0.458 e. The summed E-state index contributed by atoms with van der Waals surface area (Å²) < 4.78 is 5.56. The predicted octanol–water partition coefficient (Wildman–Crippen LogP) is 2.43. The Morgan fingerprint density at radius 2 is 2.08 bits per heavy atom. The van der Waals surface area contributed by atoms with Crippen molar-refractivity contribution >= 4 is 17.6 Å². The molecule has 1 aromatic rings.